The third kappa shape index (κ3) is 1.32. The largest absolute Gasteiger partial charge is 0.351 e. The van der Waals surface area contributed by atoms with Gasteiger partial charge in [0.1, 0.15) is 0 Å². The van der Waals surface area contributed by atoms with E-state index >= 15 is 0 Å². The molecule has 0 radical (unpaired) electrons. The van der Waals surface area contributed by atoms with Gasteiger partial charge in [0.05, 0.1) is 10.7 Å². The number of halogens is 2. The van der Waals surface area contributed by atoms with Crippen LogP contribution in [0.15, 0.2) is 18.2 Å². The second kappa shape index (κ2) is 3.05. The second-order valence-corrected chi connectivity index (χ2v) is 3.47. The van der Waals surface area contributed by atoms with E-state index in [1.54, 1.807) is 18.2 Å². The highest BCUT2D eigenvalue weighted by Crippen LogP contribution is 2.28. The van der Waals surface area contributed by atoms with Crippen LogP contribution in [0.3, 0.4) is 0 Å². The van der Waals surface area contributed by atoms with Gasteiger partial charge in [-0.1, -0.05) is 23.2 Å². The van der Waals surface area contributed by atoms with E-state index in [4.69, 9.17) is 23.2 Å². The molecule has 2 rings (SSSR count). The molecule has 0 aliphatic carbocycles. The zero-order valence-corrected chi connectivity index (χ0v) is 7.99. The minimum atomic E-state index is 0.388. The topological polar surface area (TPSA) is 32.9 Å². The Labute approximate surface area is 84.5 Å². The molecule has 4 heteroatoms. The van der Waals surface area contributed by atoms with Gasteiger partial charge in [0.2, 0.25) is 0 Å². The third-order valence-electron chi connectivity index (χ3n) is 1.84. The number of fused-ring (bicyclic) bond motifs is 1. The van der Waals surface area contributed by atoms with Crippen LogP contribution in [-0.4, -0.2) is 11.3 Å². The van der Waals surface area contributed by atoms with Crippen molar-refractivity contribution >= 4 is 40.4 Å². The number of carbonyl (C=O) groups excluding carboxylic acids is 1. The molecule has 2 aromatic rings. The van der Waals surface area contributed by atoms with Crippen LogP contribution in [0.2, 0.25) is 10.0 Å². The Morgan fingerprint density at radius 1 is 1.31 bits per heavy atom. The zero-order valence-electron chi connectivity index (χ0n) is 6.47. The number of aromatic amines is 1. The highest BCUT2D eigenvalue weighted by molar-refractivity contribution is 6.38. The van der Waals surface area contributed by atoms with Crippen molar-refractivity contribution in [3.05, 3.63) is 33.9 Å². The van der Waals surface area contributed by atoms with Crippen LogP contribution in [0.5, 0.6) is 0 Å². The van der Waals surface area contributed by atoms with Crippen LogP contribution in [0.4, 0.5) is 0 Å². The molecule has 0 aliphatic heterocycles. The first kappa shape index (κ1) is 8.60. The summed E-state index contributed by atoms with van der Waals surface area (Å²) in [5, 5.41) is 1.87. The van der Waals surface area contributed by atoms with Gasteiger partial charge in [0, 0.05) is 15.9 Å². The molecule has 0 fully saturated rings. The summed E-state index contributed by atoms with van der Waals surface area (Å²) in [6.45, 7) is 0. The number of nitrogens with one attached hydrogen (secondary N) is 1. The number of hydrogen-bond donors (Lipinski definition) is 1. The van der Waals surface area contributed by atoms with E-state index in [0.717, 1.165) is 10.9 Å². The van der Waals surface area contributed by atoms with E-state index in [1.165, 1.54) is 0 Å². The van der Waals surface area contributed by atoms with Gasteiger partial charge in [0.15, 0.2) is 6.29 Å². The fourth-order valence-electron chi connectivity index (χ4n) is 1.24. The molecule has 0 aliphatic rings. The zero-order chi connectivity index (χ0) is 9.42. The lowest BCUT2D eigenvalue weighted by Crippen LogP contribution is -1.76. The van der Waals surface area contributed by atoms with E-state index in [0.29, 0.717) is 22.0 Å². The summed E-state index contributed by atoms with van der Waals surface area (Å²) in [5.74, 6) is 0. The molecular formula is C9H5Cl2NO. The molecular weight excluding hydrogens is 209 g/mol. The lowest BCUT2D eigenvalue weighted by atomic mass is 10.2. The smallest absolute Gasteiger partial charge is 0.167 e. The molecule has 1 heterocycles. The molecule has 13 heavy (non-hydrogen) atoms. The van der Waals surface area contributed by atoms with Gasteiger partial charge in [-0.15, -0.1) is 0 Å². The molecule has 2 nitrogen and oxygen atoms in total. The van der Waals surface area contributed by atoms with Gasteiger partial charge in [-0.2, -0.15) is 0 Å². The highest BCUT2D eigenvalue weighted by atomic mass is 35.5. The maximum absolute atomic E-state index is 10.5. The first-order valence-corrected chi connectivity index (χ1v) is 4.40. The van der Waals surface area contributed by atoms with Crippen LogP contribution < -0.4 is 0 Å². The summed E-state index contributed by atoms with van der Waals surface area (Å²) in [4.78, 5) is 13.4. The molecule has 0 atom stereocenters. The molecule has 0 amide bonds. The molecule has 1 N–H and O–H groups in total. The second-order valence-electron chi connectivity index (χ2n) is 2.66. The van der Waals surface area contributed by atoms with Crippen molar-refractivity contribution in [2.45, 2.75) is 0 Å². The van der Waals surface area contributed by atoms with Crippen LogP contribution in [-0.2, 0) is 0 Å². The summed E-state index contributed by atoms with van der Waals surface area (Å²) in [6.07, 6.45) is 0.691. The number of hydrogen-bond acceptors (Lipinski definition) is 1. The van der Waals surface area contributed by atoms with Crippen LogP contribution >= 0.6 is 23.2 Å². The lowest BCUT2D eigenvalue weighted by molar-refractivity contribution is 0.112. The molecule has 0 bridgehead atoms. The predicted octanol–water partition coefficient (Wildman–Crippen LogP) is 3.29. The number of benzene rings is 1. The predicted molar refractivity (Wildman–Crippen MR) is 53.7 cm³/mol. The summed E-state index contributed by atoms with van der Waals surface area (Å²) in [5.41, 5.74) is 1.17. The lowest BCUT2D eigenvalue weighted by Gasteiger charge is -1.90. The molecule has 0 saturated carbocycles. The molecule has 0 spiro atoms. The van der Waals surface area contributed by atoms with Gasteiger partial charge < -0.3 is 4.98 Å². The van der Waals surface area contributed by atoms with Gasteiger partial charge in [-0.25, -0.2) is 0 Å². The van der Waals surface area contributed by atoms with Crippen molar-refractivity contribution in [1.29, 1.82) is 0 Å². The van der Waals surface area contributed by atoms with Crippen LogP contribution in [0.1, 0.15) is 10.5 Å². The van der Waals surface area contributed by atoms with Crippen molar-refractivity contribution in [2.24, 2.45) is 0 Å². The van der Waals surface area contributed by atoms with E-state index < -0.39 is 0 Å². The van der Waals surface area contributed by atoms with Crippen molar-refractivity contribution in [1.82, 2.24) is 4.98 Å². The van der Waals surface area contributed by atoms with Gasteiger partial charge in [-0.3, -0.25) is 4.79 Å². The average molecular weight is 214 g/mol. The number of aromatic nitrogens is 1. The standard InChI is InChI=1S/C9H5Cl2NO/c10-5-1-2-6-7(3-5)12-8(4-13)9(6)11/h1-4,12H. The molecule has 66 valence electrons. The number of aldehydes is 1. The quantitative estimate of drug-likeness (QED) is 0.725. The Kier molecular flexibility index (Phi) is 2.02. The fraction of sp³-hybridized carbons (Fsp3) is 0. The Morgan fingerprint density at radius 3 is 2.77 bits per heavy atom. The number of carbonyl (C=O) groups is 1. The van der Waals surface area contributed by atoms with E-state index in [2.05, 4.69) is 4.98 Å². The van der Waals surface area contributed by atoms with E-state index in [1.807, 2.05) is 0 Å². The van der Waals surface area contributed by atoms with Crippen LogP contribution in [0.25, 0.3) is 10.9 Å². The molecule has 0 saturated heterocycles. The summed E-state index contributed by atoms with van der Waals surface area (Å²) >= 11 is 11.7. The molecule has 1 aromatic heterocycles. The number of H-pyrrole nitrogens is 1. The summed E-state index contributed by atoms with van der Waals surface area (Å²) < 4.78 is 0. The fourth-order valence-corrected chi connectivity index (χ4v) is 1.67. The minimum absolute atomic E-state index is 0.388. The van der Waals surface area contributed by atoms with Gasteiger partial charge in [-0.05, 0) is 18.2 Å². The normalized spacial score (nSPS) is 10.6. The van der Waals surface area contributed by atoms with Gasteiger partial charge in [0.25, 0.3) is 0 Å². The Morgan fingerprint density at radius 2 is 2.08 bits per heavy atom. The molecule has 1 aromatic carbocycles. The Balaban J connectivity index is 2.83. The van der Waals surface area contributed by atoms with Gasteiger partial charge >= 0.3 is 0 Å². The van der Waals surface area contributed by atoms with Crippen LogP contribution in [0, 0.1) is 0 Å². The van der Waals surface area contributed by atoms with Crippen molar-refractivity contribution in [3.63, 3.8) is 0 Å². The maximum Gasteiger partial charge on any atom is 0.167 e. The monoisotopic (exact) mass is 213 g/mol. The van der Waals surface area contributed by atoms with Crippen molar-refractivity contribution in [2.75, 3.05) is 0 Å². The average Bonchev–Trinajstić information content (AvgIpc) is 2.42. The van der Waals surface area contributed by atoms with Crippen molar-refractivity contribution < 1.29 is 4.79 Å². The maximum atomic E-state index is 10.5. The van der Waals surface area contributed by atoms with Crippen molar-refractivity contribution in [3.8, 4) is 0 Å². The SMILES string of the molecule is O=Cc1[nH]c2cc(Cl)ccc2c1Cl. The third-order valence-corrected chi connectivity index (χ3v) is 2.48. The molecule has 0 unspecified atom stereocenters. The Hall–Kier alpha value is -0.990. The van der Waals surface area contributed by atoms with E-state index in [-0.39, 0.29) is 0 Å². The summed E-state index contributed by atoms with van der Waals surface area (Å²) in [6, 6.07) is 5.25. The highest BCUT2D eigenvalue weighted by Gasteiger charge is 2.07. The Bertz CT molecular complexity index is 476. The summed E-state index contributed by atoms with van der Waals surface area (Å²) in [7, 11) is 0. The first-order chi connectivity index (χ1) is 6.22. The number of rotatable bonds is 1. The van der Waals surface area contributed by atoms with E-state index in [9.17, 15) is 4.79 Å². The first-order valence-electron chi connectivity index (χ1n) is 3.64. The minimum Gasteiger partial charge on any atom is -0.351 e.